The SMILES string of the molecule is CN(Cc1cccc(F)c1)C(=O)C1CC2CC2C1. The highest BCUT2D eigenvalue weighted by Crippen LogP contribution is 2.54. The Balaban J connectivity index is 1.60. The second-order valence-corrected chi connectivity index (χ2v) is 5.75. The largest absolute Gasteiger partial charge is 0.341 e. The van der Waals surface area contributed by atoms with Crippen molar-refractivity contribution in [3.05, 3.63) is 35.6 Å². The number of hydrogen-bond donors (Lipinski definition) is 0. The summed E-state index contributed by atoms with van der Waals surface area (Å²) in [7, 11) is 1.82. The molecule has 2 fully saturated rings. The van der Waals surface area contributed by atoms with Crippen LogP contribution in [0.2, 0.25) is 0 Å². The lowest BCUT2D eigenvalue weighted by Crippen LogP contribution is -2.32. The Hall–Kier alpha value is -1.38. The molecule has 0 bridgehead atoms. The number of hydrogen-bond acceptors (Lipinski definition) is 1. The van der Waals surface area contributed by atoms with Crippen LogP contribution in [0, 0.1) is 23.6 Å². The molecular formula is C15H18FNO. The van der Waals surface area contributed by atoms with Gasteiger partial charge in [-0.2, -0.15) is 0 Å². The highest BCUT2D eigenvalue weighted by atomic mass is 19.1. The molecular weight excluding hydrogens is 229 g/mol. The minimum absolute atomic E-state index is 0.215. The zero-order valence-electron chi connectivity index (χ0n) is 10.6. The zero-order valence-corrected chi connectivity index (χ0v) is 10.6. The molecule has 2 atom stereocenters. The van der Waals surface area contributed by atoms with Gasteiger partial charge < -0.3 is 4.90 Å². The van der Waals surface area contributed by atoms with Crippen molar-refractivity contribution in [3.8, 4) is 0 Å². The number of fused-ring (bicyclic) bond motifs is 1. The number of halogens is 1. The van der Waals surface area contributed by atoms with Gasteiger partial charge >= 0.3 is 0 Å². The quantitative estimate of drug-likeness (QED) is 0.804. The third-order valence-corrected chi connectivity index (χ3v) is 4.28. The first-order valence-corrected chi connectivity index (χ1v) is 6.63. The average Bonchev–Trinajstić information content (AvgIpc) is 2.95. The molecule has 0 aromatic heterocycles. The van der Waals surface area contributed by atoms with Crippen LogP contribution in [0.1, 0.15) is 24.8 Å². The van der Waals surface area contributed by atoms with Crippen molar-refractivity contribution in [1.29, 1.82) is 0 Å². The van der Waals surface area contributed by atoms with E-state index in [4.69, 9.17) is 0 Å². The molecule has 3 rings (SSSR count). The molecule has 1 aromatic carbocycles. The summed E-state index contributed by atoms with van der Waals surface area (Å²) in [6.07, 6.45) is 3.46. The van der Waals surface area contributed by atoms with E-state index >= 15 is 0 Å². The van der Waals surface area contributed by atoms with Gasteiger partial charge in [-0.1, -0.05) is 12.1 Å². The third kappa shape index (κ3) is 2.26. The van der Waals surface area contributed by atoms with Gasteiger partial charge in [0.05, 0.1) is 0 Å². The summed E-state index contributed by atoms with van der Waals surface area (Å²) < 4.78 is 13.1. The summed E-state index contributed by atoms with van der Waals surface area (Å²) in [6, 6.07) is 6.47. The van der Waals surface area contributed by atoms with Crippen LogP contribution >= 0.6 is 0 Å². The predicted octanol–water partition coefficient (Wildman–Crippen LogP) is 2.83. The number of amides is 1. The van der Waals surface area contributed by atoms with Gasteiger partial charge in [0.25, 0.3) is 0 Å². The lowest BCUT2D eigenvalue weighted by molar-refractivity contribution is -0.134. The summed E-state index contributed by atoms with van der Waals surface area (Å²) >= 11 is 0. The van der Waals surface area contributed by atoms with E-state index in [9.17, 15) is 9.18 Å². The third-order valence-electron chi connectivity index (χ3n) is 4.28. The number of carbonyl (C=O) groups is 1. The van der Waals surface area contributed by atoms with Crippen LogP contribution in [0.3, 0.4) is 0 Å². The molecule has 3 heteroatoms. The van der Waals surface area contributed by atoms with E-state index in [0.717, 1.165) is 30.2 Å². The standard InChI is InChI=1S/C15H18FNO/c1-17(9-10-3-2-4-14(16)5-10)15(18)13-7-11-6-12(11)8-13/h2-5,11-13H,6-9H2,1H3. The number of benzene rings is 1. The molecule has 0 N–H and O–H groups in total. The lowest BCUT2D eigenvalue weighted by atomic mass is 10.0. The summed E-state index contributed by atoms with van der Waals surface area (Å²) in [5, 5.41) is 0. The molecule has 2 aliphatic rings. The van der Waals surface area contributed by atoms with E-state index in [1.165, 1.54) is 18.6 Å². The van der Waals surface area contributed by atoms with Gasteiger partial charge in [0.2, 0.25) is 5.91 Å². The molecule has 0 aliphatic heterocycles. The first kappa shape index (κ1) is 11.7. The van der Waals surface area contributed by atoms with Gasteiger partial charge in [-0.15, -0.1) is 0 Å². The first-order valence-electron chi connectivity index (χ1n) is 6.63. The molecule has 0 radical (unpaired) electrons. The normalized spacial score (nSPS) is 28.9. The van der Waals surface area contributed by atoms with Gasteiger partial charge in [0, 0.05) is 19.5 Å². The van der Waals surface area contributed by atoms with Crippen LogP contribution in [0.15, 0.2) is 24.3 Å². The zero-order chi connectivity index (χ0) is 12.7. The van der Waals surface area contributed by atoms with E-state index in [-0.39, 0.29) is 17.6 Å². The van der Waals surface area contributed by atoms with Crippen molar-refractivity contribution >= 4 is 5.91 Å². The van der Waals surface area contributed by atoms with E-state index in [2.05, 4.69) is 0 Å². The molecule has 1 aromatic rings. The fourth-order valence-corrected chi connectivity index (χ4v) is 3.22. The van der Waals surface area contributed by atoms with E-state index in [1.807, 2.05) is 13.1 Å². The van der Waals surface area contributed by atoms with Crippen molar-refractivity contribution in [2.45, 2.75) is 25.8 Å². The van der Waals surface area contributed by atoms with Gasteiger partial charge in [-0.05, 0) is 48.8 Å². The van der Waals surface area contributed by atoms with Crippen LogP contribution in [-0.2, 0) is 11.3 Å². The molecule has 2 nitrogen and oxygen atoms in total. The molecule has 2 aliphatic carbocycles. The highest BCUT2D eigenvalue weighted by molar-refractivity contribution is 5.79. The number of nitrogens with zero attached hydrogens (tertiary/aromatic N) is 1. The molecule has 1 amide bonds. The maximum atomic E-state index is 13.1. The molecule has 96 valence electrons. The summed E-state index contributed by atoms with van der Waals surface area (Å²) in [5.41, 5.74) is 0.856. The smallest absolute Gasteiger partial charge is 0.225 e. The molecule has 0 saturated heterocycles. The summed E-state index contributed by atoms with van der Waals surface area (Å²) in [5.74, 6) is 1.84. The second kappa shape index (κ2) is 4.38. The number of rotatable bonds is 3. The Kier molecular flexibility index (Phi) is 2.84. The molecule has 2 unspecified atom stereocenters. The molecule has 18 heavy (non-hydrogen) atoms. The topological polar surface area (TPSA) is 20.3 Å². The minimum Gasteiger partial charge on any atom is -0.341 e. The van der Waals surface area contributed by atoms with Crippen molar-refractivity contribution in [2.24, 2.45) is 17.8 Å². The van der Waals surface area contributed by atoms with Crippen LogP contribution in [0.4, 0.5) is 4.39 Å². The molecule has 2 saturated carbocycles. The Bertz CT molecular complexity index is 463. The minimum atomic E-state index is -0.240. The summed E-state index contributed by atoms with van der Waals surface area (Å²) in [4.78, 5) is 14.0. The van der Waals surface area contributed by atoms with E-state index in [1.54, 1.807) is 11.0 Å². The number of carbonyl (C=O) groups excluding carboxylic acids is 1. The van der Waals surface area contributed by atoms with Gasteiger partial charge in [-0.25, -0.2) is 4.39 Å². The van der Waals surface area contributed by atoms with Crippen molar-refractivity contribution in [2.75, 3.05) is 7.05 Å². The van der Waals surface area contributed by atoms with Crippen molar-refractivity contribution in [3.63, 3.8) is 0 Å². The van der Waals surface area contributed by atoms with Crippen LogP contribution in [0.25, 0.3) is 0 Å². The summed E-state index contributed by atoms with van der Waals surface area (Å²) in [6.45, 7) is 0.502. The monoisotopic (exact) mass is 247 g/mol. The first-order chi connectivity index (χ1) is 8.63. The molecule has 0 heterocycles. The predicted molar refractivity (Wildman–Crippen MR) is 67.2 cm³/mol. The Labute approximate surface area is 107 Å². The lowest BCUT2D eigenvalue weighted by Gasteiger charge is -2.22. The van der Waals surface area contributed by atoms with Crippen molar-refractivity contribution in [1.82, 2.24) is 4.90 Å². The highest BCUT2D eigenvalue weighted by Gasteiger charge is 2.48. The Morgan fingerprint density at radius 1 is 1.33 bits per heavy atom. The van der Waals surface area contributed by atoms with Crippen LogP contribution in [-0.4, -0.2) is 17.9 Å². The van der Waals surface area contributed by atoms with E-state index < -0.39 is 0 Å². The fraction of sp³-hybridized carbons (Fsp3) is 0.533. The second-order valence-electron chi connectivity index (χ2n) is 5.75. The Morgan fingerprint density at radius 2 is 2.06 bits per heavy atom. The van der Waals surface area contributed by atoms with Gasteiger partial charge in [0.15, 0.2) is 0 Å². The fourth-order valence-electron chi connectivity index (χ4n) is 3.22. The Morgan fingerprint density at radius 3 is 2.72 bits per heavy atom. The average molecular weight is 247 g/mol. The van der Waals surface area contributed by atoms with Gasteiger partial charge in [0.1, 0.15) is 5.82 Å². The van der Waals surface area contributed by atoms with Crippen LogP contribution in [0.5, 0.6) is 0 Å². The van der Waals surface area contributed by atoms with Crippen molar-refractivity contribution < 1.29 is 9.18 Å². The maximum absolute atomic E-state index is 13.1. The maximum Gasteiger partial charge on any atom is 0.225 e. The molecule has 0 spiro atoms. The van der Waals surface area contributed by atoms with Gasteiger partial charge in [-0.3, -0.25) is 4.79 Å². The van der Waals surface area contributed by atoms with E-state index in [0.29, 0.717) is 6.54 Å². The van der Waals surface area contributed by atoms with Crippen LogP contribution < -0.4 is 0 Å².